The van der Waals surface area contributed by atoms with Crippen molar-refractivity contribution < 1.29 is 42.3 Å². The molecule has 0 aliphatic heterocycles. The van der Waals surface area contributed by atoms with E-state index in [0.29, 0.717) is 31.5 Å². The number of nitrogens with zero attached hydrogens (tertiary/aromatic N) is 2. The highest BCUT2D eigenvalue weighted by Crippen LogP contribution is 2.28. The van der Waals surface area contributed by atoms with Gasteiger partial charge in [0.2, 0.25) is 23.6 Å². The van der Waals surface area contributed by atoms with Gasteiger partial charge in [-0.05, 0) is 50.1 Å². The van der Waals surface area contributed by atoms with Crippen LogP contribution in [0.25, 0.3) is 0 Å². The summed E-state index contributed by atoms with van der Waals surface area (Å²) in [7, 11) is 3.16. The minimum absolute atomic E-state index is 0.0731. The summed E-state index contributed by atoms with van der Waals surface area (Å²) in [5.41, 5.74) is 17.8. The summed E-state index contributed by atoms with van der Waals surface area (Å²) in [4.78, 5) is 63.9. The predicted octanol–water partition coefficient (Wildman–Crippen LogP) is 0.969. The number of amides is 4. The SMILES string of the molecule is CN(C)C(=O)C(Cc1ccc(C(=N)N)cc1)C(=O)N[C@H](C(=O)N(CCCCN)CC(N)=O)C1CCCCC1.O=C(O)C(F)(F)F. The van der Waals surface area contributed by atoms with Gasteiger partial charge in [0, 0.05) is 26.2 Å². The minimum Gasteiger partial charge on any atom is -0.475 e. The minimum atomic E-state index is -5.08. The zero-order chi connectivity index (χ0) is 34.3. The van der Waals surface area contributed by atoms with Crippen LogP contribution in [0.1, 0.15) is 56.1 Å². The van der Waals surface area contributed by atoms with Crippen LogP contribution in [-0.2, 0) is 30.4 Å². The van der Waals surface area contributed by atoms with E-state index in [4.69, 9.17) is 32.5 Å². The average Bonchev–Trinajstić information content (AvgIpc) is 2.97. The van der Waals surface area contributed by atoms with Gasteiger partial charge in [-0.15, -0.1) is 0 Å². The van der Waals surface area contributed by atoms with E-state index in [1.54, 1.807) is 38.4 Å². The Balaban J connectivity index is 0.00000129. The number of hydrogen-bond acceptors (Lipinski definition) is 7. The molecule has 16 heteroatoms. The number of unbranched alkanes of at least 4 members (excludes halogenated alkanes) is 1. The Morgan fingerprint density at radius 1 is 1.00 bits per heavy atom. The van der Waals surface area contributed by atoms with Crippen LogP contribution in [0.3, 0.4) is 0 Å². The predicted molar refractivity (Wildman–Crippen MR) is 160 cm³/mol. The molecule has 0 aromatic heterocycles. The van der Waals surface area contributed by atoms with Gasteiger partial charge in [0.1, 0.15) is 17.8 Å². The summed E-state index contributed by atoms with van der Waals surface area (Å²) < 4.78 is 31.7. The van der Waals surface area contributed by atoms with E-state index in [1.807, 2.05) is 0 Å². The number of benzene rings is 1. The van der Waals surface area contributed by atoms with Gasteiger partial charge in [0.15, 0.2) is 0 Å². The molecule has 13 nitrogen and oxygen atoms in total. The number of nitrogens with one attached hydrogen (secondary N) is 2. The number of amidine groups is 1. The third-order valence-corrected chi connectivity index (χ3v) is 7.23. The number of primary amides is 1. The molecule has 0 heterocycles. The summed E-state index contributed by atoms with van der Waals surface area (Å²) >= 11 is 0. The van der Waals surface area contributed by atoms with Gasteiger partial charge in [-0.3, -0.25) is 24.6 Å². The molecule has 252 valence electrons. The number of nitrogen functional groups attached to an aromatic ring is 1. The lowest BCUT2D eigenvalue weighted by Gasteiger charge is -2.34. The fourth-order valence-corrected chi connectivity index (χ4v) is 4.86. The second-order valence-corrected chi connectivity index (χ2v) is 11.0. The lowest BCUT2D eigenvalue weighted by atomic mass is 9.82. The van der Waals surface area contributed by atoms with Crippen LogP contribution in [0, 0.1) is 17.2 Å². The van der Waals surface area contributed by atoms with Gasteiger partial charge in [-0.2, -0.15) is 13.2 Å². The number of halogens is 3. The number of rotatable bonds is 14. The number of hydrogen-bond donors (Lipinski definition) is 6. The highest BCUT2D eigenvalue weighted by atomic mass is 19.4. The van der Waals surface area contributed by atoms with E-state index in [-0.39, 0.29) is 36.5 Å². The van der Waals surface area contributed by atoms with Crippen LogP contribution in [0.15, 0.2) is 24.3 Å². The highest BCUT2D eigenvalue weighted by molar-refractivity contribution is 6.02. The monoisotopic (exact) mass is 643 g/mol. The molecule has 4 amide bonds. The van der Waals surface area contributed by atoms with Crippen molar-refractivity contribution in [1.29, 1.82) is 5.41 Å². The van der Waals surface area contributed by atoms with Gasteiger partial charge in [-0.25, -0.2) is 4.79 Å². The Hall–Kier alpha value is -4.21. The molecule has 2 rings (SSSR count). The normalized spacial score (nSPS) is 14.6. The number of alkyl halides is 3. The maximum Gasteiger partial charge on any atom is 0.490 e. The van der Waals surface area contributed by atoms with E-state index in [1.165, 1.54) is 9.80 Å². The summed E-state index contributed by atoms with van der Waals surface area (Å²) in [6.45, 7) is 0.523. The zero-order valence-electron chi connectivity index (χ0n) is 25.6. The number of nitrogens with two attached hydrogens (primary N) is 3. The van der Waals surface area contributed by atoms with Crippen molar-refractivity contribution in [3.8, 4) is 0 Å². The van der Waals surface area contributed by atoms with Crippen LogP contribution in [0.4, 0.5) is 13.2 Å². The first kappa shape index (κ1) is 38.8. The average molecular weight is 644 g/mol. The maximum absolute atomic E-state index is 13.7. The summed E-state index contributed by atoms with van der Waals surface area (Å²) in [5.74, 6) is -5.90. The van der Waals surface area contributed by atoms with E-state index < -0.39 is 35.9 Å². The second-order valence-electron chi connectivity index (χ2n) is 11.0. The molecule has 1 aliphatic carbocycles. The van der Waals surface area contributed by atoms with Gasteiger partial charge in [0.05, 0.1) is 6.54 Å². The molecule has 1 aliphatic rings. The molecular formula is C29H44F3N7O6. The molecule has 0 saturated heterocycles. The molecule has 1 saturated carbocycles. The lowest BCUT2D eigenvalue weighted by molar-refractivity contribution is -0.192. The molecule has 1 aromatic rings. The van der Waals surface area contributed by atoms with E-state index >= 15 is 0 Å². The Morgan fingerprint density at radius 3 is 2.00 bits per heavy atom. The van der Waals surface area contributed by atoms with Crippen molar-refractivity contribution >= 4 is 35.4 Å². The highest BCUT2D eigenvalue weighted by Gasteiger charge is 2.39. The smallest absolute Gasteiger partial charge is 0.475 e. The van der Waals surface area contributed by atoms with Gasteiger partial charge < -0.3 is 37.4 Å². The Labute approximate surface area is 260 Å². The number of carbonyl (C=O) groups excluding carboxylic acids is 4. The number of carboxylic acids is 1. The number of aliphatic carboxylic acids is 1. The largest absolute Gasteiger partial charge is 0.490 e. The molecular weight excluding hydrogens is 599 g/mol. The first-order valence-corrected chi connectivity index (χ1v) is 14.5. The molecule has 1 aromatic carbocycles. The molecule has 2 atom stereocenters. The first-order valence-electron chi connectivity index (χ1n) is 14.5. The van der Waals surface area contributed by atoms with Gasteiger partial charge >= 0.3 is 12.1 Å². The number of carbonyl (C=O) groups is 5. The van der Waals surface area contributed by atoms with Crippen LogP contribution in [-0.4, -0.2) is 96.3 Å². The third kappa shape index (κ3) is 13.5. The third-order valence-electron chi connectivity index (χ3n) is 7.23. The molecule has 9 N–H and O–H groups in total. The van der Waals surface area contributed by atoms with Gasteiger partial charge in [0.25, 0.3) is 0 Å². The fourth-order valence-electron chi connectivity index (χ4n) is 4.86. The lowest BCUT2D eigenvalue weighted by Crippen LogP contribution is -2.56. The maximum atomic E-state index is 13.7. The van der Waals surface area contributed by atoms with Crippen LogP contribution < -0.4 is 22.5 Å². The molecule has 0 radical (unpaired) electrons. The van der Waals surface area contributed by atoms with Crippen LogP contribution >= 0.6 is 0 Å². The zero-order valence-corrected chi connectivity index (χ0v) is 25.6. The Morgan fingerprint density at radius 2 is 1.56 bits per heavy atom. The van der Waals surface area contributed by atoms with E-state index in [0.717, 1.165) is 37.7 Å². The first-order chi connectivity index (χ1) is 21.0. The standard InChI is InChI=1S/C27H43N7O4.C2HF3O2/c1-33(2)26(37)21(16-18-10-12-20(13-11-18)24(30)31)25(36)32-23(19-8-4-3-5-9-19)27(38)34(17-22(29)35)15-7-6-14-28;3-2(4,5)1(6)7/h10-13,19,21,23H,3-9,14-17,28H2,1-2H3,(H2,29,35)(H3,30,31)(H,32,36);(H,6,7)/t21?,23-;/m0./s1. The van der Waals surface area contributed by atoms with Crippen molar-refractivity contribution in [3.05, 3.63) is 35.4 Å². The quantitative estimate of drug-likeness (QED) is 0.0739. The summed E-state index contributed by atoms with van der Waals surface area (Å²) in [6.07, 6.45) is 0.805. The van der Waals surface area contributed by atoms with Crippen molar-refractivity contribution in [3.63, 3.8) is 0 Å². The van der Waals surface area contributed by atoms with Crippen molar-refractivity contribution in [2.75, 3.05) is 33.7 Å². The topological polar surface area (TPSA) is 226 Å². The molecule has 1 unspecified atom stereocenters. The Kier molecular flexibility index (Phi) is 16.0. The van der Waals surface area contributed by atoms with E-state index in [2.05, 4.69) is 5.32 Å². The van der Waals surface area contributed by atoms with Crippen molar-refractivity contribution in [1.82, 2.24) is 15.1 Å². The molecule has 0 spiro atoms. The Bertz CT molecular complexity index is 1170. The molecule has 45 heavy (non-hydrogen) atoms. The van der Waals surface area contributed by atoms with Crippen molar-refractivity contribution in [2.45, 2.75) is 63.6 Å². The summed E-state index contributed by atoms with van der Waals surface area (Å²) in [6, 6.07) is 5.94. The summed E-state index contributed by atoms with van der Waals surface area (Å²) in [5, 5.41) is 17.6. The van der Waals surface area contributed by atoms with E-state index in [9.17, 15) is 32.3 Å². The van der Waals surface area contributed by atoms with Crippen LogP contribution in [0.5, 0.6) is 0 Å². The number of carboxylic acid groups (broad SMARTS) is 1. The second kappa shape index (κ2) is 18.6. The fraction of sp³-hybridized carbons (Fsp3) is 0.586. The van der Waals surface area contributed by atoms with Crippen molar-refractivity contribution in [2.24, 2.45) is 29.0 Å². The van der Waals surface area contributed by atoms with Gasteiger partial charge in [-0.1, -0.05) is 43.5 Å². The molecule has 0 bridgehead atoms. The van der Waals surface area contributed by atoms with Crippen LogP contribution in [0.2, 0.25) is 0 Å². The molecule has 1 fully saturated rings.